The van der Waals surface area contributed by atoms with Crippen molar-refractivity contribution in [1.82, 2.24) is 9.97 Å². The fourth-order valence-corrected chi connectivity index (χ4v) is 1.46. The van der Waals surface area contributed by atoms with E-state index in [1.165, 1.54) is 18.5 Å². The molecule has 1 saturated carbocycles. The lowest BCUT2D eigenvalue weighted by Gasteiger charge is -2.07. The molecule has 0 atom stereocenters. The third-order valence-electron chi connectivity index (χ3n) is 2.40. The minimum atomic E-state index is 0.442. The molecular formula is C11H16N2. The molecule has 0 bridgehead atoms. The first-order chi connectivity index (χ1) is 6.16. The lowest BCUT2D eigenvalue weighted by Crippen LogP contribution is -2.02. The van der Waals surface area contributed by atoms with Gasteiger partial charge in [-0.25, -0.2) is 9.97 Å². The summed E-state index contributed by atoms with van der Waals surface area (Å²) in [4.78, 5) is 9.02. The zero-order chi connectivity index (χ0) is 9.42. The first-order valence-corrected chi connectivity index (χ1v) is 5.02. The number of rotatable bonds is 2. The van der Waals surface area contributed by atoms with Crippen LogP contribution in [0.3, 0.4) is 0 Å². The quantitative estimate of drug-likeness (QED) is 0.692. The smallest absolute Gasteiger partial charge is 0.131 e. The monoisotopic (exact) mass is 176 g/mol. The molecule has 0 N–H and O–H groups in total. The van der Waals surface area contributed by atoms with Gasteiger partial charge in [-0.05, 0) is 25.8 Å². The molecule has 1 fully saturated rings. The Kier molecular flexibility index (Phi) is 2.06. The molecule has 0 aromatic carbocycles. The molecule has 0 unspecified atom stereocenters. The summed E-state index contributed by atoms with van der Waals surface area (Å²) in [6.07, 6.45) is 2.63. The van der Waals surface area contributed by atoms with E-state index in [1.54, 1.807) is 0 Å². The maximum atomic E-state index is 4.58. The van der Waals surface area contributed by atoms with Gasteiger partial charge in [0, 0.05) is 23.2 Å². The third kappa shape index (κ3) is 1.87. The normalized spacial score (nSPS) is 16.6. The molecular weight excluding hydrogens is 160 g/mol. The summed E-state index contributed by atoms with van der Waals surface area (Å²) in [5, 5.41) is 0. The highest BCUT2D eigenvalue weighted by Gasteiger charge is 2.25. The third-order valence-corrected chi connectivity index (χ3v) is 2.40. The Balaban J connectivity index is 2.36. The van der Waals surface area contributed by atoms with E-state index in [0.717, 1.165) is 17.4 Å². The first-order valence-electron chi connectivity index (χ1n) is 5.02. The van der Waals surface area contributed by atoms with E-state index in [1.807, 2.05) is 0 Å². The van der Waals surface area contributed by atoms with Crippen LogP contribution < -0.4 is 0 Å². The van der Waals surface area contributed by atoms with Crippen LogP contribution in [-0.4, -0.2) is 9.97 Å². The van der Waals surface area contributed by atoms with Crippen LogP contribution in [-0.2, 0) is 0 Å². The van der Waals surface area contributed by atoms with Crippen molar-refractivity contribution in [3.05, 3.63) is 23.3 Å². The van der Waals surface area contributed by atoms with Gasteiger partial charge in [-0.3, -0.25) is 0 Å². The highest BCUT2D eigenvalue weighted by atomic mass is 14.9. The Morgan fingerprint density at radius 1 is 1.31 bits per heavy atom. The molecule has 1 aliphatic carbocycles. The Hall–Kier alpha value is -0.920. The van der Waals surface area contributed by atoms with Crippen LogP contribution in [0.1, 0.15) is 55.7 Å². The van der Waals surface area contributed by atoms with Gasteiger partial charge in [0.05, 0.1) is 0 Å². The minimum absolute atomic E-state index is 0.442. The van der Waals surface area contributed by atoms with Crippen LogP contribution in [0.2, 0.25) is 0 Å². The van der Waals surface area contributed by atoms with Crippen LogP contribution in [0.15, 0.2) is 6.07 Å². The van der Waals surface area contributed by atoms with Gasteiger partial charge >= 0.3 is 0 Å². The van der Waals surface area contributed by atoms with Crippen LogP contribution in [0.5, 0.6) is 0 Å². The topological polar surface area (TPSA) is 25.8 Å². The van der Waals surface area contributed by atoms with Crippen LogP contribution >= 0.6 is 0 Å². The Morgan fingerprint density at radius 2 is 2.00 bits per heavy atom. The average Bonchev–Trinajstić information content (AvgIpc) is 2.85. The lowest BCUT2D eigenvalue weighted by molar-refractivity contribution is 0.749. The molecule has 1 aromatic heterocycles. The number of nitrogens with zero attached hydrogens (tertiary/aromatic N) is 2. The Morgan fingerprint density at radius 3 is 2.54 bits per heavy atom. The number of aryl methyl sites for hydroxylation is 1. The van der Waals surface area contributed by atoms with Crippen molar-refractivity contribution in [2.24, 2.45) is 0 Å². The van der Waals surface area contributed by atoms with Crippen LogP contribution in [0.25, 0.3) is 0 Å². The molecule has 0 saturated heterocycles. The van der Waals surface area contributed by atoms with Gasteiger partial charge in [0.1, 0.15) is 5.82 Å². The summed E-state index contributed by atoms with van der Waals surface area (Å²) in [7, 11) is 0. The van der Waals surface area contributed by atoms with Crippen LogP contribution in [0, 0.1) is 6.92 Å². The second-order valence-corrected chi connectivity index (χ2v) is 4.22. The van der Waals surface area contributed by atoms with E-state index in [9.17, 15) is 0 Å². The summed E-state index contributed by atoms with van der Waals surface area (Å²) in [6, 6.07) is 2.13. The van der Waals surface area contributed by atoms with Crippen molar-refractivity contribution in [2.75, 3.05) is 0 Å². The zero-order valence-corrected chi connectivity index (χ0v) is 8.54. The highest BCUT2D eigenvalue weighted by Crippen LogP contribution is 2.39. The van der Waals surface area contributed by atoms with Crippen LogP contribution in [0.4, 0.5) is 0 Å². The van der Waals surface area contributed by atoms with Crippen molar-refractivity contribution in [3.8, 4) is 0 Å². The number of hydrogen-bond donors (Lipinski definition) is 0. The molecule has 1 aromatic rings. The van der Waals surface area contributed by atoms with Gasteiger partial charge < -0.3 is 0 Å². The predicted molar refractivity (Wildman–Crippen MR) is 52.8 cm³/mol. The van der Waals surface area contributed by atoms with Crippen molar-refractivity contribution in [1.29, 1.82) is 0 Å². The molecule has 70 valence electrons. The molecule has 1 heterocycles. The molecule has 13 heavy (non-hydrogen) atoms. The molecule has 0 amide bonds. The summed E-state index contributed by atoms with van der Waals surface area (Å²) >= 11 is 0. The van der Waals surface area contributed by atoms with Crippen molar-refractivity contribution in [2.45, 2.75) is 45.4 Å². The SMILES string of the molecule is Cc1cc(C2CC2)nc(C(C)C)n1. The van der Waals surface area contributed by atoms with Gasteiger partial charge in [-0.1, -0.05) is 13.8 Å². The van der Waals surface area contributed by atoms with Crippen molar-refractivity contribution < 1.29 is 0 Å². The van der Waals surface area contributed by atoms with Crippen molar-refractivity contribution in [3.63, 3.8) is 0 Å². The van der Waals surface area contributed by atoms with E-state index < -0.39 is 0 Å². The average molecular weight is 176 g/mol. The standard InChI is InChI=1S/C11H16N2/c1-7(2)11-12-8(3)6-10(13-11)9-4-5-9/h6-7,9H,4-5H2,1-3H3. The number of aromatic nitrogens is 2. The minimum Gasteiger partial charge on any atom is -0.238 e. The summed E-state index contributed by atoms with van der Waals surface area (Å²) in [5.74, 6) is 2.18. The second kappa shape index (κ2) is 3.09. The molecule has 2 rings (SSSR count). The van der Waals surface area contributed by atoms with E-state index in [2.05, 4.69) is 36.8 Å². The lowest BCUT2D eigenvalue weighted by atomic mass is 10.2. The fraction of sp³-hybridized carbons (Fsp3) is 0.636. The summed E-state index contributed by atoms with van der Waals surface area (Å²) in [5.41, 5.74) is 2.37. The fourth-order valence-electron chi connectivity index (χ4n) is 1.46. The largest absolute Gasteiger partial charge is 0.238 e. The van der Waals surface area contributed by atoms with E-state index in [4.69, 9.17) is 0 Å². The summed E-state index contributed by atoms with van der Waals surface area (Å²) < 4.78 is 0. The predicted octanol–water partition coefficient (Wildman–Crippen LogP) is 2.79. The molecule has 0 radical (unpaired) electrons. The van der Waals surface area contributed by atoms with Gasteiger partial charge in [0.15, 0.2) is 0 Å². The van der Waals surface area contributed by atoms with Gasteiger partial charge in [0.25, 0.3) is 0 Å². The second-order valence-electron chi connectivity index (χ2n) is 4.22. The molecule has 0 spiro atoms. The molecule has 2 heteroatoms. The van der Waals surface area contributed by atoms with Crippen molar-refractivity contribution >= 4 is 0 Å². The number of hydrogen-bond acceptors (Lipinski definition) is 2. The summed E-state index contributed by atoms with van der Waals surface area (Å²) in [6.45, 7) is 6.34. The molecule has 1 aliphatic rings. The Labute approximate surface area is 79.4 Å². The zero-order valence-electron chi connectivity index (χ0n) is 8.54. The Bertz CT molecular complexity index is 294. The maximum absolute atomic E-state index is 4.58. The molecule has 0 aliphatic heterocycles. The maximum Gasteiger partial charge on any atom is 0.131 e. The molecule has 2 nitrogen and oxygen atoms in total. The highest BCUT2D eigenvalue weighted by molar-refractivity contribution is 5.19. The van der Waals surface area contributed by atoms with E-state index in [-0.39, 0.29) is 0 Å². The van der Waals surface area contributed by atoms with Gasteiger partial charge in [-0.2, -0.15) is 0 Å². The van der Waals surface area contributed by atoms with Gasteiger partial charge in [-0.15, -0.1) is 0 Å². The van der Waals surface area contributed by atoms with E-state index in [0.29, 0.717) is 5.92 Å². The van der Waals surface area contributed by atoms with E-state index >= 15 is 0 Å². The van der Waals surface area contributed by atoms with Gasteiger partial charge in [0.2, 0.25) is 0 Å². The first kappa shape index (κ1) is 8.67.